The van der Waals surface area contributed by atoms with Crippen LogP contribution in [0.1, 0.15) is 52.9 Å². The van der Waals surface area contributed by atoms with Crippen LogP contribution in [0.4, 0.5) is 0 Å². The van der Waals surface area contributed by atoms with Gasteiger partial charge in [0, 0.05) is 30.4 Å². The summed E-state index contributed by atoms with van der Waals surface area (Å²) in [6.07, 6.45) is 2.99. The highest BCUT2D eigenvalue weighted by atomic mass is 32.2. The summed E-state index contributed by atoms with van der Waals surface area (Å²) in [4.78, 5) is 12.3. The van der Waals surface area contributed by atoms with Crippen LogP contribution in [0.5, 0.6) is 5.75 Å². The van der Waals surface area contributed by atoms with Crippen molar-refractivity contribution in [2.24, 2.45) is 0 Å². The number of benzene rings is 3. The Morgan fingerprint density at radius 3 is 2.39 bits per heavy atom. The molecule has 0 saturated carbocycles. The Morgan fingerprint density at radius 2 is 1.73 bits per heavy atom. The zero-order chi connectivity index (χ0) is 29.3. The number of carbonyl (C=O) groups excluding carboxylic acids is 1. The highest BCUT2D eigenvalue weighted by Crippen LogP contribution is 2.39. The lowest BCUT2D eigenvalue weighted by molar-refractivity contribution is 0.0108. The summed E-state index contributed by atoms with van der Waals surface area (Å²) in [5, 5.41) is 0.673. The van der Waals surface area contributed by atoms with Gasteiger partial charge in [0.15, 0.2) is 0 Å². The number of sulfonamides is 1. The number of rotatable bonds is 8. The second-order valence-electron chi connectivity index (χ2n) is 10.3. The Morgan fingerprint density at radius 1 is 0.976 bits per heavy atom. The van der Waals surface area contributed by atoms with E-state index >= 15 is 0 Å². The van der Waals surface area contributed by atoms with E-state index in [0.29, 0.717) is 36.9 Å². The van der Waals surface area contributed by atoms with Crippen molar-refractivity contribution in [2.75, 3.05) is 27.4 Å². The lowest BCUT2D eigenvalue weighted by atomic mass is 9.94. The summed E-state index contributed by atoms with van der Waals surface area (Å²) >= 11 is 0. The molecular formula is C32H36N2O6S. The molecule has 41 heavy (non-hydrogen) atoms. The monoisotopic (exact) mass is 576 g/mol. The van der Waals surface area contributed by atoms with Gasteiger partial charge in [0.05, 0.1) is 42.3 Å². The van der Waals surface area contributed by atoms with Gasteiger partial charge >= 0.3 is 5.97 Å². The molecule has 1 aliphatic rings. The van der Waals surface area contributed by atoms with Gasteiger partial charge in [-0.25, -0.2) is 13.2 Å². The quantitative estimate of drug-likeness (QED) is 0.240. The van der Waals surface area contributed by atoms with E-state index in [1.54, 1.807) is 41.7 Å². The molecule has 2 atom stereocenters. The molecule has 1 saturated heterocycles. The van der Waals surface area contributed by atoms with Gasteiger partial charge in [-0.05, 0) is 92.8 Å². The second kappa shape index (κ2) is 11.7. The van der Waals surface area contributed by atoms with E-state index in [1.165, 1.54) is 7.11 Å². The number of carbonyl (C=O) groups is 1. The van der Waals surface area contributed by atoms with E-state index in [2.05, 4.69) is 0 Å². The van der Waals surface area contributed by atoms with Crippen LogP contribution in [-0.4, -0.2) is 56.7 Å². The fraction of sp³-hybridized carbons (Fsp3) is 0.344. The third-order valence-electron chi connectivity index (χ3n) is 7.88. The number of hydrogen-bond acceptors (Lipinski definition) is 6. The van der Waals surface area contributed by atoms with Crippen LogP contribution in [0.2, 0.25) is 0 Å². The third-order valence-corrected chi connectivity index (χ3v) is 9.85. The maximum absolute atomic E-state index is 14.5. The van der Waals surface area contributed by atoms with Crippen molar-refractivity contribution in [3.63, 3.8) is 0 Å². The van der Waals surface area contributed by atoms with Gasteiger partial charge in [0.25, 0.3) is 0 Å². The van der Waals surface area contributed by atoms with Crippen molar-refractivity contribution in [2.45, 2.75) is 50.7 Å². The fourth-order valence-electron chi connectivity index (χ4n) is 5.83. The average Bonchev–Trinajstić information content (AvgIpc) is 3.42. The van der Waals surface area contributed by atoms with E-state index in [1.807, 2.05) is 61.9 Å². The Labute approximate surface area is 241 Å². The van der Waals surface area contributed by atoms with Gasteiger partial charge in [-0.15, -0.1) is 0 Å². The Balaban J connectivity index is 1.59. The first-order valence-electron chi connectivity index (χ1n) is 13.8. The van der Waals surface area contributed by atoms with Crippen LogP contribution in [0.3, 0.4) is 0 Å². The van der Waals surface area contributed by atoms with E-state index in [4.69, 9.17) is 14.2 Å². The normalized spacial score (nSPS) is 18.0. The first kappa shape index (κ1) is 28.9. The molecule has 0 N–H and O–H groups in total. The molecule has 4 aromatic rings. The molecule has 0 radical (unpaired) electrons. The number of methoxy groups -OCH3 is 2. The molecule has 8 nitrogen and oxygen atoms in total. The molecular weight excluding hydrogens is 540 g/mol. The fourth-order valence-corrected chi connectivity index (χ4v) is 7.65. The number of hydrogen-bond donors (Lipinski definition) is 0. The summed E-state index contributed by atoms with van der Waals surface area (Å²) in [7, 11) is -0.934. The molecule has 216 valence electrons. The number of ether oxygens (including phenoxy) is 3. The number of fused-ring (bicyclic) bond motifs is 1. The molecule has 1 fully saturated rings. The van der Waals surface area contributed by atoms with Gasteiger partial charge in [0.1, 0.15) is 5.75 Å². The van der Waals surface area contributed by atoms with E-state index in [-0.39, 0.29) is 11.0 Å². The zero-order valence-corrected chi connectivity index (χ0v) is 24.9. The molecule has 0 aliphatic carbocycles. The molecule has 0 unspecified atom stereocenters. The zero-order valence-electron chi connectivity index (χ0n) is 24.1. The molecule has 0 spiro atoms. The molecule has 1 aromatic heterocycles. The number of nitrogens with zero attached hydrogens (tertiary/aromatic N) is 2. The van der Waals surface area contributed by atoms with Crippen LogP contribution in [-0.2, 0) is 19.5 Å². The van der Waals surface area contributed by atoms with E-state index in [9.17, 15) is 13.2 Å². The van der Waals surface area contributed by atoms with Gasteiger partial charge in [-0.2, -0.15) is 4.31 Å². The smallest absolute Gasteiger partial charge is 0.337 e. The maximum atomic E-state index is 14.5. The minimum absolute atomic E-state index is 0.0612. The summed E-state index contributed by atoms with van der Waals surface area (Å²) < 4.78 is 48.7. The lowest BCUT2D eigenvalue weighted by Gasteiger charge is -2.38. The standard InChI is InChI=1S/C32H36N2O6S/c1-6-40-26-15-18-34(29(20-26)23-8-10-24(11-9-23)32(35)39-5)41(36,37)30-14-7-21(2)31-27(30)16-17-33(31)28-13-12-25(38-4)19-22(28)3/h7-14,16-17,19,26,29H,6,15,18,20H2,1-5H3/t26-,29-/m0/s1. The van der Waals surface area contributed by atoms with Gasteiger partial charge < -0.3 is 18.8 Å². The first-order chi connectivity index (χ1) is 19.7. The van der Waals surface area contributed by atoms with Crippen LogP contribution in [0.15, 0.2) is 71.8 Å². The minimum Gasteiger partial charge on any atom is -0.497 e. The van der Waals surface area contributed by atoms with Crippen molar-refractivity contribution in [3.8, 4) is 11.4 Å². The van der Waals surface area contributed by atoms with Gasteiger partial charge in [-0.3, -0.25) is 0 Å². The van der Waals surface area contributed by atoms with Crippen molar-refractivity contribution in [3.05, 3.63) is 89.1 Å². The van der Waals surface area contributed by atoms with Crippen molar-refractivity contribution in [1.29, 1.82) is 0 Å². The molecule has 5 rings (SSSR count). The number of aromatic nitrogens is 1. The Bertz CT molecular complexity index is 1680. The van der Waals surface area contributed by atoms with E-state index < -0.39 is 22.0 Å². The number of piperidine rings is 1. The van der Waals surface area contributed by atoms with Gasteiger partial charge in [-0.1, -0.05) is 18.2 Å². The van der Waals surface area contributed by atoms with Crippen LogP contribution in [0.25, 0.3) is 16.6 Å². The van der Waals surface area contributed by atoms with Gasteiger partial charge in [0.2, 0.25) is 10.0 Å². The average molecular weight is 577 g/mol. The first-order valence-corrected chi connectivity index (χ1v) is 15.2. The van der Waals surface area contributed by atoms with E-state index in [0.717, 1.165) is 33.6 Å². The predicted molar refractivity (Wildman–Crippen MR) is 158 cm³/mol. The molecule has 0 amide bonds. The SMILES string of the molecule is CCO[C@H]1CCN(S(=O)(=O)c2ccc(C)c3c2ccn3-c2ccc(OC)cc2C)[C@H](c2ccc(C(=O)OC)cc2)C1. The molecule has 1 aliphatic heterocycles. The summed E-state index contributed by atoms with van der Waals surface area (Å²) in [6, 6.07) is 17.9. The van der Waals surface area contributed by atoms with Crippen molar-refractivity contribution >= 4 is 26.9 Å². The van der Waals surface area contributed by atoms with Crippen molar-refractivity contribution in [1.82, 2.24) is 8.87 Å². The van der Waals surface area contributed by atoms with Crippen LogP contribution < -0.4 is 4.74 Å². The maximum Gasteiger partial charge on any atom is 0.337 e. The Kier molecular flexibility index (Phi) is 8.22. The topological polar surface area (TPSA) is 87.1 Å². The molecule has 3 aromatic carbocycles. The summed E-state index contributed by atoms with van der Waals surface area (Å²) in [5.74, 6) is 0.333. The third kappa shape index (κ3) is 5.37. The van der Waals surface area contributed by atoms with Crippen LogP contribution in [0, 0.1) is 13.8 Å². The predicted octanol–water partition coefficient (Wildman–Crippen LogP) is 5.97. The summed E-state index contributed by atoms with van der Waals surface area (Å²) in [6.45, 7) is 6.83. The highest BCUT2D eigenvalue weighted by Gasteiger charge is 2.39. The second-order valence-corrected chi connectivity index (χ2v) is 12.2. The molecule has 0 bridgehead atoms. The number of aryl methyl sites for hydroxylation is 2. The van der Waals surface area contributed by atoms with Crippen LogP contribution >= 0.6 is 0 Å². The molecule has 2 heterocycles. The largest absolute Gasteiger partial charge is 0.497 e. The Hall–Kier alpha value is -3.66. The summed E-state index contributed by atoms with van der Waals surface area (Å²) in [5.41, 5.74) is 5.02. The minimum atomic E-state index is -3.91. The van der Waals surface area contributed by atoms with Crippen molar-refractivity contribution < 1.29 is 27.4 Å². The molecule has 9 heteroatoms. The highest BCUT2D eigenvalue weighted by molar-refractivity contribution is 7.89. The lowest BCUT2D eigenvalue weighted by Crippen LogP contribution is -2.43. The number of esters is 1.